The molecule has 1 aliphatic heterocycles. The molecule has 0 atom stereocenters. The van der Waals surface area contributed by atoms with Crippen LogP contribution in [-0.2, 0) is 4.74 Å². The van der Waals surface area contributed by atoms with Crippen molar-refractivity contribution in [2.24, 2.45) is 0 Å². The molecule has 1 fully saturated rings. The number of ether oxygens (including phenoxy) is 1. The van der Waals surface area contributed by atoms with Gasteiger partial charge in [-0.1, -0.05) is 18.7 Å². The molecule has 0 amide bonds. The van der Waals surface area contributed by atoms with Gasteiger partial charge in [-0.05, 0) is 6.42 Å². The molecule has 0 radical (unpaired) electrons. The van der Waals surface area contributed by atoms with Gasteiger partial charge < -0.3 is 10.1 Å². The molecule has 20 heavy (non-hydrogen) atoms. The maximum absolute atomic E-state index is 5.18. The Morgan fingerprint density at radius 3 is 2.95 bits per heavy atom. The summed E-state index contributed by atoms with van der Waals surface area (Å²) in [5.74, 6) is 1.19. The van der Waals surface area contributed by atoms with Gasteiger partial charge in [-0.15, -0.1) is 0 Å². The largest absolute Gasteiger partial charge is 0.379 e. The molecule has 3 heterocycles. The number of anilines is 1. The number of nitrogens with zero attached hydrogens (tertiary/aromatic N) is 5. The van der Waals surface area contributed by atoms with Crippen LogP contribution in [0.3, 0.4) is 0 Å². The van der Waals surface area contributed by atoms with Crippen LogP contribution in [0.4, 0.5) is 5.95 Å². The van der Waals surface area contributed by atoms with E-state index in [0.29, 0.717) is 17.1 Å². The molecule has 7 nitrogen and oxygen atoms in total. The monoisotopic (exact) mass is 292 g/mol. The zero-order valence-corrected chi connectivity index (χ0v) is 12.0. The number of thioether (sulfide) groups is 1. The van der Waals surface area contributed by atoms with E-state index in [1.165, 1.54) is 0 Å². The standard InChI is InChI=1S/C12H16N6OS/c1-2-3-14-10-15-11(18-5-4-13-8-18)17-12(16-10)20-9-6-19-7-9/h4-5,8-9H,2-3,6-7H2,1H3,(H,14,15,16,17). The highest BCUT2D eigenvalue weighted by Gasteiger charge is 2.22. The van der Waals surface area contributed by atoms with Gasteiger partial charge in [-0.25, -0.2) is 4.98 Å². The molecular formula is C12H16N6OS. The molecule has 8 heteroatoms. The summed E-state index contributed by atoms with van der Waals surface area (Å²) >= 11 is 1.63. The van der Waals surface area contributed by atoms with Gasteiger partial charge in [0.25, 0.3) is 0 Å². The van der Waals surface area contributed by atoms with Gasteiger partial charge in [0.15, 0.2) is 5.16 Å². The summed E-state index contributed by atoms with van der Waals surface area (Å²) in [7, 11) is 0. The predicted octanol–water partition coefficient (Wildman–Crippen LogP) is 1.37. The number of hydrogen-bond donors (Lipinski definition) is 1. The summed E-state index contributed by atoms with van der Waals surface area (Å²) in [5, 5.41) is 4.36. The average Bonchev–Trinajstić information content (AvgIpc) is 2.94. The van der Waals surface area contributed by atoms with E-state index in [9.17, 15) is 0 Å². The normalized spacial score (nSPS) is 15.1. The molecule has 1 aliphatic rings. The molecule has 0 aliphatic carbocycles. The second-order valence-corrected chi connectivity index (χ2v) is 5.68. The fourth-order valence-electron chi connectivity index (χ4n) is 1.64. The van der Waals surface area contributed by atoms with Crippen molar-refractivity contribution >= 4 is 17.7 Å². The number of imidazole rings is 1. The Kier molecular flexibility index (Phi) is 4.12. The van der Waals surface area contributed by atoms with Crippen LogP contribution in [0.15, 0.2) is 23.9 Å². The lowest BCUT2D eigenvalue weighted by molar-refractivity contribution is 0.0454. The third-order valence-corrected chi connectivity index (χ3v) is 3.75. The van der Waals surface area contributed by atoms with Gasteiger partial charge in [0.05, 0.1) is 18.5 Å². The summed E-state index contributed by atoms with van der Waals surface area (Å²) in [6.45, 7) is 4.46. The van der Waals surface area contributed by atoms with Gasteiger partial charge in [0, 0.05) is 18.9 Å². The number of nitrogens with one attached hydrogen (secondary N) is 1. The van der Waals surface area contributed by atoms with Crippen LogP contribution in [0.5, 0.6) is 0 Å². The summed E-state index contributed by atoms with van der Waals surface area (Å²) in [4.78, 5) is 17.4. The van der Waals surface area contributed by atoms with E-state index in [1.807, 2.05) is 6.20 Å². The molecule has 3 rings (SSSR count). The van der Waals surface area contributed by atoms with E-state index < -0.39 is 0 Å². The molecular weight excluding hydrogens is 276 g/mol. The molecule has 0 unspecified atom stereocenters. The highest BCUT2D eigenvalue weighted by Crippen LogP contribution is 2.26. The fraction of sp³-hybridized carbons (Fsp3) is 0.500. The van der Waals surface area contributed by atoms with Crippen molar-refractivity contribution in [3.05, 3.63) is 18.7 Å². The SMILES string of the molecule is CCCNc1nc(SC2COC2)nc(-n2ccnc2)n1. The first-order valence-corrected chi connectivity index (χ1v) is 7.46. The minimum atomic E-state index is 0.437. The Morgan fingerprint density at radius 2 is 2.30 bits per heavy atom. The molecule has 1 N–H and O–H groups in total. The van der Waals surface area contributed by atoms with E-state index in [2.05, 4.69) is 32.2 Å². The molecule has 0 aromatic carbocycles. The van der Waals surface area contributed by atoms with Crippen molar-refractivity contribution < 1.29 is 4.74 Å². The van der Waals surface area contributed by atoms with Gasteiger partial charge in [0.2, 0.25) is 11.9 Å². The zero-order chi connectivity index (χ0) is 13.8. The van der Waals surface area contributed by atoms with Crippen molar-refractivity contribution in [1.29, 1.82) is 0 Å². The van der Waals surface area contributed by atoms with Crippen LogP contribution in [-0.4, -0.2) is 49.5 Å². The van der Waals surface area contributed by atoms with Crippen LogP contribution >= 0.6 is 11.8 Å². The van der Waals surface area contributed by atoms with Crippen LogP contribution < -0.4 is 5.32 Å². The van der Waals surface area contributed by atoms with Crippen molar-refractivity contribution in [2.75, 3.05) is 25.1 Å². The Balaban J connectivity index is 1.85. The van der Waals surface area contributed by atoms with E-state index in [4.69, 9.17) is 4.74 Å². The first kappa shape index (κ1) is 13.3. The van der Waals surface area contributed by atoms with Gasteiger partial charge >= 0.3 is 0 Å². The fourth-order valence-corrected chi connectivity index (χ4v) is 2.54. The highest BCUT2D eigenvalue weighted by molar-refractivity contribution is 7.99. The number of hydrogen-bond acceptors (Lipinski definition) is 7. The second-order valence-electron chi connectivity index (χ2n) is 4.42. The van der Waals surface area contributed by atoms with E-state index >= 15 is 0 Å². The average molecular weight is 292 g/mol. The van der Waals surface area contributed by atoms with E-state index in [-0.39, 0.29) is 0 Å². The smallest absolute Gasteiger partial charge is 0.240 e. The van der Waals surface area contributed by atoms with E-state index in [1.54, 1.807) is 28.9 Å². The molecule has 0 saturated carbocycles. The highest BCUT2D eigenvalue weighted by atomic mass is 32.2. The predicted molar refractivity (Wildman–Crippen MR) is 76.2 cm³/mol. The van der Waals surface area contributed by atoms with Gasteiger partial charge in [-0.3, -0.25) is 4.57 Å². The van der Waals surface area contributed by atoms with Crippen LogP contribution in [0.25, 0.3) is 5.95 Å². The van der Waals surface area contributed by atoms with Gasteiger partial charge in [0.1, 0.15) is 6.33 Å². The number of rotatable bonds is 6. The Bertz CT molecular complexity index is 557. The van der Waals surface area contributed by atoms with Crippen molar-refractivity contribution in [1.82, 2.24) is 24.5 Å². The van der Waals surface area contributed by atoms with Crippen LogP contribution in [0, 0.1) is 0 Å². The lowest BCUT2D eigenvalue weighted by Crippen LogP contribution is -2.30. The maximum atomic E-state index is 5.18. The van der Waals surface area contributed by atoms with Crippen molar-refractivity contribution in [2.45, 2.75) is 23.8 Å². The lowest BCUT2D eigenvalue weighted by atomic mass is 10.4. The minimum Gasteiger partial charge on any atom is -0.379 e. The summed E-state index contributed by atoms with van der Waals surface area (Å²) in [5.41, 5.74) is 0. The topological polar surface area (TPSA) is 77.8 Å². The summed E-state index contributed by atoms with van der Waals surface area (Å²) in [6, 6.07) is 0. The van der Waals surface area contributed by atoms with Crippen molar-refractivity contribution in [3.8, 4) is 5.95 Å². The van der Waals surface area contributed by atoms with Gasteiger partial charge in [-0.2, -0.15) is 15.0 Å². The Morgan fingerprint density at radius 1 is 1.40 bits per heavy atom. The lowest BCUT2D eigenvalue weighted by Gasteiger charge is -2.24. The minimum absolute atomic E-state index is 0.437. The molecule has 0 bridgehead atoms. The zero-order valence-electron chi connectivity index (χ0n) is 11.2. The Labute approximate surface area is 121 Å². The quantitative estimate of drug-likeness (QED) is 0.861. The third kappa shape index (κ3) is 3.07. The van der Waals surface area contributed by atoms with Crippen molar-refractivity contribution in [3.63, 3.8) is 0 Å². The number of aromatic nitrogens is 5. The maximum Gasteiger partial charge on any atom is 0.240 e. The molecule has 2 aromatic rings. The summed E-state index contributed by atoms with van der Waals surface area (Å²) in [6.07, 6.45) is 6.22. The molecule has 106 valence electrons. The summed E-state index contributed by atoms with van der Waals surface area (Å²) < 4.78 is 6.96. The first-order valence-electron chi connectivity index (χ1n) is 6.58. The first-order chi connectivity index (χ1) is 9.85. The molecule has 1 saturated heterocycles. The Hall–Kier alpha value is -1.67. The van der Waals surface area contributed by atoms with E-state index in [0.717, 1.165) is 31.3 Å². The molecule has 2 aromatic heterocycles. The van der Waals surface area contributed by atoms with Crippen LogP contribution in [0.1, 0.15) is 13.3 Å². The van der Waals surface area contributed by atoms with Crippen LogP contribution in [0.2, 0.25) is 0 Å². The third-order valence-electron chi connectivity index (χ3n) is 2.75. The second kappa shape index (κ2) is 6.19. The molecule has 0 spiro atoms.